The Kier molecular flexibility index (Phi) is 6.24. The first-order valence-electron chi connectivity index (χ1n) is 5.27. The van der Waals surface area contributed by atoms with Gasteiger partial charge in [0.1, 0.15) is 6.54 Å². The van der Waals surface area contributed by atoms with Gasteiger partial charge >= 0.3 is 0 Å². The molecule has 0 bridgehead atoms. The lowest BCUT2D eigenvalue weighted by Gasteiger charge is -2.01. The smallest absolute Gasteiger partial charge is 0.257 e. The Bertz CT molecular complexity index is 445. The monoisotopic (exact) mass is 293 g/mol. The highest BCUT2D eigenvalue weighted by atomic mass is 35.5. The van der Waals surface area contributed by atoms with E-state index < -0.39 is 6.43 Å². The molecule has 7 heteroatoms. The van der Waals surface area contributed by atoms with Crippen molar-refractivity contribution in [1.29, 1.82) is 0 Å². The van der Waals surface area contributed by atoms with Crippen LogP contribution >= 0.6 is 23.7 Å². The fraction of sp³-hybridized carbons (Fsp3) is 0.364. The molecule has 0 saturated carbocycles. The minimum Gasteiger partial charge on any atom is -0.306 e. The second kappa shape index (κ2) is 7.45. The van der Waals surface area contributed by atoms with E-state index in [1.807, 2.05) is 17.5 Å². The molecule has 2 rings (SSSR count). The molecule has 0 unspecified atom stereocenters. The molecule has 0 aliphatic carbocycles. The van der Waals surface area contributed by atoms with Gasteiger partial charge in [-0.3, -0.25) is 4.68 Å². The first-order valence-corrected chi connectivity index (χ1v) is 6.15. The van der Waals surface area contributed by atoms with Crippen molar-refractivity contribution in [2.24, 2.45) is 0 Å². The Morgan fingerprint density at radius 1 is 1.33 bits per heavy atom. The number of rotatable bonds is 6. The Balaban J connectivity index is 0.00000162. The number of hydrogen-bond acceptors (Lipinski definition) is 3. The molecule has 2 aromatic rings. The Morgan fingerprint density at radius 2 is 2.17 bits per heavy atom. The Morgan fingerprint density at radius 3 is 2.83 bits per heavy atom. The largest absolute Gasteiger partial charge is 0.306 e. The molecule has 0 aliphatic heterocycles. The number of hydrogen-bond donors (Lipinski definition) is 1. The summed E-state index contributed by atoms with van der Waals surface area (Å²) in [6.07, 6.45) is -0.782. The maximum atomic E-state index is 12.1. The quantitative estimate of drug-likeness (QED) is 0.887. The highest BCUT2D eigenvalue weighted by Crippen LogP contribution is 2.08. The van der Waals surface area contributed by atoms with Crippen LogP contribution in [0.25, 0.3) is 0 Å². The van der Waals surface area contributed by atoms with E-state index in [1.54, 1.807) is 23.6 Å². The first kappa shape index (κ1) is 15.1. The Labute approximate surface area is 114 Å². The van der Waals surface area contributed by atoms with E-state index in [-0.39, 0.29) is 19.0 Å². The van der Waals surface area contributed by atoms with Gasteiger partial charge in [-0.05, 0) is 17.5 Å². The van der Waals surface area contributed by atoms with Crippen LogP contribution in [0, 0.1) is 0 Å². The van der Waals surface area contributed by atoms with Crippen LogP contribution in [-0.4, -0.2) is 16.2 Å². The molecule has 0 amide bonds. The lowest BCUT2D eigenvalue weighted by atomic mass is 10.4. The van der Waals surface area contributed by atoms with E-state index in [9.17, 15) is 8.78 Å². The molecule has 100 valence electrons. The number of halogens is 3. The normalized spacial score (nSPS) is 10.6. The molecule has 0 atom stereocenters. The first-order chi connectivity index (χ1) is 8.24. The van der Waals surface area contributed by atoms with Crippen molar-refractivity contribution in [3.63, 3.8) is 0 Å². The number of alkyl halides is 2. The van der Waals surface area contributed by atoms with Crippen LogP contribution in [0.15, 0.2) is 29.8 Å². The zero-order valence-electron chi connectivity index (χ0n) is 9.55. The van der Waals surface area contributed by atoms with Crippen LogP contribution in [0.1, 0.15) is 10.6 Å². The fourth-order valence-corrected chi connectivity index (χ4v) is 2.14. The van der Waals surface area contributed by atoms with Gasteiger partial charge in [-0.2, -0.15) is 5.10 Å². The van der Waals surface area contributed by atoms with Crippen LogP contribution in [0.3, 0.4) is 0 Å². The summed E-state index contributed by atoms with van der Waals surface area (Å²) in [6.45, 7) is 1.03. The molecule has 0 saturated heterocycles. The molecule has 0 radical (unpaired) electrons. The van der Waals surface area contributed by atoms with Gasteiger partial charge < -0.3 is 5.32 Å². The van der Waals surface area contributed by atoms with Gasteiger partial charge in [0.2, 0.25) is 0 Å². The zero-order chi connectivity index (χ0) is 12.1. The molecular weight excluding hydrogens is 280 g/mol. The predicted octanol–water partition coefficient (Wildman–Crippen LogP) is 2.92. The third kappa shape index (κ3) is 4.72. The van der Waals surface area contributed by atoms with Gasteiger partial charge in [0, 0.05) is 24.2 Å². The third-order valence-electron chi connectivity index (χ3n) is 2.21. The molecule has 3 nitrogen and oxygen atoms in total. The second-order valence-electron chi connectivity index (χ2n) is 3.60. The van der Waals surface area contributed by atoms with E-state index in [0.29, 0.717) is 6.54 Å². The average molecular weight is 294 g/mol. The summed E-state index contributed by atoms with van der Waals surface area (Å²) in [4.78, 5) is 1.25. The summed E-state index contributed by atoms with van der Waals surface area (Å²) in [5, 5.41) is 9.29. The molecule has 18 heavy (non-hydrogen) atoms. The molecule has 2 aromatic heterocycles. The van der Waals surface area contributed by atoms with Crippen LogP contribution in [0.2, 0.25) is 0 Å². The maximum absolute atomic E-state index is 12.1. The summed E-state index contributed by atoms with van der Waals surface area (Å²) in [5.74, 6) is 0. The molecular formula is C11H14ClF2N3S. The summed E-state index contributed by atoms with van der Waals surface area (Å²) in [7, 11) is 0. The average Bonchev–Trinajstić information content (AvgIpc) is 2.89. The predicted molar refractivity (Wildman–Crippen MR) is 70.3 cm³/mol. The molecule has 0 aromatic carbocycles. The van der Waals surface area contributed by atoms with Crippen molar-refractivity contribution in [3.8, 4) is 0 Å². The minimum atomic E-state index is -2.36. The van der Waals surface area contributed by atoms with Gasteiger partial charge in [-0.25, -0.2) is 8.78 Å². The van der Waals surface area contributed by atoms with Crippen LogP contribution < -0.4 is 5.32 Å². The lowest BCUT2D eigenvalue weighted by Crippen LogP contribution is -2.13. The van der Waals surface area contributed by atoms with Crippen molar-refractivity contribution in [3.05, 3.63) is 40.3 Å². The molecule has 1 N–H and O–H groups in total. The van der Waals surface area contributed by atoms with Crippen LogP contribution in [-0.2, 0) is 19.6 Å². The highest BCUT2D eigenvalue weighted by Gasteiger charge is 2.05. The van der Waals surface area contributed by atoms with Crippen molar-refractivity contribution in [2.45, 2.75) is 26.1 Å². The van der Waals surface area contributed by atoms with E-state index in [0.717, 1.165) is 12.2 Å². The molecule has 2 heterocycles. The fourth-order valence-electron chi connectivity index (χ4n) is 1.47. The van der Waals surface area contributed by atoms with E-state index in [1.165, 1.54) is 9.56 Å². The summed E-state index contributed by atoms with van der Waals surface area (Å²) < 4.78 is 25.5. The minimum absolute atomic E-state index is 0. The summed E-state index contributed by atoms with van der Waals surface area (Å²) >= 11 is 1.68. The molecule has 0 aliphatic rings. The number of thiophene rings is 1. The summed E-state index contributed by atoms with van der Waals surface area (Å²) in [5.41, 5.74) is 0.780. The molecule has 0 spiro atoms. The van der Waals surface area contributed by atoms with E-state index in [2.05, 4.69) is 10.4 Å². The van der Waals surface area contributed by atoms with Crippen molar-refractivity contribution in [1.82, 2.24) is 15.1 Å². The van der Waals surface area contributed by atoms with Gasteiger partial charge in [0.15, 0.2) is 0 Å². The lowest BCUT2D eigenvalue weighted by molar-refractivity contribution is 0.121. The van der Waals surface area contributed by atoms with E-state index >= 15 is 0 Å². The Hall–Kier alpha value is -0.980. The van der Waals surface area contributed by atoms with Crippen LogP contribution in [0.4, 0.5) is 8.78 Å². The van der Waals surface area contributed by atoms with Gasteiger partial charge in [-0.15, -0.1) is 23.7 Å². The topological polar surface area (TPSA) is 29.9 Å². The van der Waals surface area contributed by atoms with Gasteiger partial charge in [0.05, 0.1) is 5.69 Å². The highest BCUT2D eigenvalue weighted by molar-refractivity contribution is 7.09. The molecule has 0 fully saturated rings. The number of nitrogens with one attached hydrogen (secondary N) is 1. The van der Waals surface area contributed by atoms with Gasteiger partial charge in [-0.1, -0.05) is 6.07 Å². The number of aromatic nitrogens is 2. The standard InChI is InChI=1S/C11H13F2N3S.ClH/c12-11(13)8-16-4-3-9(15-16)6-14-7-10-2-1-5-17-10;/h1-5,11,14H,6-8H2;1H. The third-order valence-corrected chi connectivity index (χ3v) is 3.08. The van der Waals surface area contributed by atoms with E-state index in [4.69, 9.17) is 0 Å². The van der Waals surface area contributed by atoms with Crippen molar-refractivity contribution < 1.29 is 8.78 Å². The maximum Gasteiger partial charge on any atom is 0.257 e. The van der Waals surface area contributed by atoms with Gasteiger partial charge in [0.25, 0.3) is 6.43 Å². The zero-order valence-corrected chi connectivity index (χ0v) is 11.2. The van der Waals surface area contributed by atoms with Crippen molar-refractivity contribution in [2.75, 3.05) is 0 Å². The SMILES string of the molecule is Cl.FC(F)Cn1ccc(CNCc2cccs2)n1. The number of nitrogens with zero attached hydrogens (tertiary/aromatic N) is 2. The van der Waals surface area contributed by atoms with Crippen LogP contribution in [0.5, 0.6) is 0 Å². The van der Waals surface area contributed by atoms with Crippen molar-refractivity contribution >= 4 is 23.7 Å². The summed E-state index contributed by atoms with van der Waals surface area (Å²) in [6, 6.07) is 5.80. The second-order valence-corrected chi connectivity index (χ2v) is 4.64.